The van der Waals surface area contributed by atoms with Gasteiger partial charge in [-0.05, 0) is 25.2 Å². The topological polar surface area (TPSA) is 29.5 Å². The van der Waals surface area contributed by atoms with Gasteiger partial charge in [0.2, 0.25) is 0 Å². The van der Waals surface area contributed by atoms with Gasteiger partial charge in [-0.15, -0.1) is 0 Å². The van der Waals surface area contributed by atoms with Gasteiger partial charge in [-0.25, -0.2) is 4.79 Å². The highest BCUT2D eigenvalue weighted by molar-refractivity contribution is 5.88. The van der Waals surface area contributed by atoms with Crippen molar-refractivity contribution in [1.82, 2.24) is 4.90 Å². The Labute approximate surface area is 105 Å². The average molecular weight is 239 g/mol. The molecule has 0 radical (unpaired) electrons. The highest BCUT2D eigenvalue weighted by Crippen LogP contribution is 2.27. The van der Waals surface area contributed by atoms with E-state index < -0.39 is 0 Å². The highest BCUT2D eigenvalue weighted by Gasteiger charge is 2.28. The molecule has 0 aromatic heterocycles. The number of ether oxygens (including phenoxy) is 1. The summed E-state index contributed by atoms with van der Waals surface area (Å²) in [5.41, 5.74) is 0.793. The summed E-state index contributed by atoms with van der Waals surface area (Å²) in [7, 11) is 1.44. The third-order valence-corrected chi connectivity index (χ3v) is 3.06. The maximum absolute atomic E-state index is 11.5. The van der Waals surface area contributed by atoms with E-state index in [1.54, 1.807) is 0 Å². The van der Waals surface area contributed by atoms with Gasteiger partial charge in [0, 0.05) is 24.7 Å². The average Bonchev–Trinajstić information content (AvgIpc) is 3.11. The van der Waals surface area contributed by atoms with Gasteiger partial charge in [0.15, 0.2) is 0 Å². The van der Waals surface area contributed by atoms with Gasteiger partial charge < -0.3 is 4.74 Å². The zero-order valence-corrected chi connectivity index (χ0v) is 11.5. The molecule has 1 saturated carbocycles. The number of carbonyl (C=O) groups is 1. The molecule has 0 heterocycles. The second-order valence-corrected chi connectivity index (χ2v) is 5.15. The van der Waals surface area contributed by atoms with Crippen molar-refractivity contribution in [2.45, 2.75) is 46.1 Å². The molecule has 0 spiro atoms. The van der Waals surface area contributed by atoms with E-state index in [0.29, 0.717) is 5.92 Å². The van der Waals surface area contributed by atoms with Crippen LogP contribution in [-0.2, 0) is 9.53 Å². The molecule has 0 atom stereocenters. The van der Waals surface area contributed by atoms with Gasteiger partial charge in [0.05, 0.1) is 7.11 Å². The first-order valence-electron chi connectivity index (χ1n) is 6.59. The van der Waals surface area contributed by atoms with Crippen molar-refractivity contribution >= 4 is 5.97 Å². The first kappa shape index (κ1) is 14.2. The molecule has 0 bridgehead atoms. The number of rotatable bonds is 7. The molecule has 0 aliphatic heterocycles. The van der Waals surface area contributed by atoms with E-state index in [1.165, 1.54) is 20.0 Å². The molecular weight excluding hydrogens is 214 g/mol. The van der Waals surface area contributed by atoms with E-state index in [-0.39, 0.29) is 5.97 Å². The van der Waals surface area contributed by atoms with Crippen LogP contribution in [0.5, 0.6) is 0 Å². The van der Waals surface area contributed by atoms with Gasteiger partial charge in [-0.1, -0.05) is 26.8 Å². The largest absolute Gasteiger partial charge is 0.466 e. The number of hydrogen-bond acceptors (Lipinski definition) is 3. The van der Waals surface area contributed by atoms with Gasteiger partial charge in [0.1, 0.15) is 0 Å². The summed E-state index contributed by atoms with van der Waals surface area (Å²) in [6, 6.07) is 0.740. The summed E-state index contributed by atoms with van der Waals surface area (Å²) in [6.07, 6.45) is 5.39. The summed E-state index contributed by atoms with van der Waals surface area (Å²) >= 11 is 0. The van der Waals surface area contributed by atoms with E-state index >= 15 is 0 Å². The number of carbonyl (C=O) groups excluding carboxylic acids is 1. The molecule has 0 amide bonds. The number of nitrogens with zero attached hydrogens (tertiary/aromatic N) is 1. The van der Waals surface area contributed by atoms with E-state index in [4.69, 9.17) is 4.74 Å². The molecule has 1 rings (SSSR count). The van der Waals surface area contributed by atoms with Crippen LogP contribution >= 0.6 is 0 Å². The Morgan fingerprint density at radius 2 is 2.12 bits per heavy atom. The lowest BCUT2D eigenvalue weighted by Crippen LogP contribution is -2.30. The minimum absolute atomic E-state index is 0.187. The third-order valence-electron chi connectivity index (χ3n) is 3.06. The van der Waals surface area contributed by atoms with Crippen molar-refractivity contribution in [1.29, 1.82) is 0 Å². The summed E-state index contributed by atoms with van der Waals surface area (Å²) in [4.78, 5) is 13.9. The SMILES string of the molecule is CCC(=CCN(CC(C)C)C1CC1)C(=O)OC. The second kappa shape index (κ2) is 6.80. The Morgan fingerprint density at radius 1 is 1.47 bits per heavy atom. The van der Waals surface area contributed by atoms with E-state index in [1.807, 2.05) is 13.0 Å². The molecule has 17 heavy (non-hydrogen) atoms. The predicted molar refractivity (Wildman–Crippen MR) is 69.8 cm³/mol. The minimum atomic E-state index is -0.187. The van der Waals surface area contributed by atoms with Crippen LogP contribution < -0.4 is 0 Å². The van der Waals surface area contributed by atoms with Crippen molar-refractivity contribution in [2.75, 3.05) is 20.2 Å². The molecule has 0 aromatic rings. The molecule has 1 aliphatic carbocycles. The van der Waals surface area contributed by atoms with E-state index in [0.717, 1.165) is 31.1 Å². The summed E-state index contributed by atoms with van der Waals surface area (Å²) in [5, 5.41) is 0. The lowest BCUT2D eigenvalue weighted by atomic mass is 10.1. The first-order valence-corrected chi connectivity index (χ1v) is 6.59. The zero-order chi connectivity index (χ0) is 12.8. The number of methoxy groups -OCH3 is 1. The molecule has 3 heteroatoms. The summed E-state index contributed by atoms with van der Waals surface area (Å²) in [5.74, 6) is 0.486. The lowest BCUT2D eigenvalue weighted by molar-refractivity contribution is -0.136. The Bertz CT molecular complexity index is 280. The van der Waals surface area contributed by atoms with Crippen LogP contribution in [0.15, 0.2) is 11.6 Å². The van der Waals surface area contributed by atoms with Crippen LogP contribution in [0.3, 0.4) is 0 Å². The molecule has 0 saturated heterocycles. The van der Waals surface area contributed by atoms with Gasteiger partial charge >= 0.3 is 5.97 Å². The zero-order valence-electron chi connectivity index (χ0n) is 11.5. The molecule has 3 nitrogen and oxygen atoms in total. The summed E-state index contributed by atoms with van der Waals surface area (Å²) in [6.45, 7) is 8.45. The smallest absolute Gasteiger partial charge is 0.333 e. The van der Waals surface area contributed by atoms with Crippen LogP contribution in [0.2, 0.25) is 0 Å². The Morgan fingerprint density at radius 3 is 2.53 bits per heavy atom. The maximum Gasteiger partial charge on any atom is 0.333 e. The molecule has 0 N–H and O–H groups in total. The Kier molecular flexibility index (Phi) is 5.69. The Hall–Kier alpha value is -0.830. The molecular formula is C14H25NO2. The normalized spacial score (nSPS) is 16.7. The molecule has 1 aliphatic rings. The molecule has 0 aromatic carbocycles. The van der Waals surface area contributed by atoms with Crippen molar-refractivity contribution in [3.63, 3.8) is 0 Å². The molecule has 98 valence electrons. The van der Waals surface area contributed by atoms with Crippen LogP contribution in [-0.4, -0.2) is 37.1 Å². The van der Waals surface area contributed by atoms with Crippen molar-refractivity contribution in [2.24, 2.45) is 5.92 Å². The lowest BCUT2D eigenvalue weighted by Gasteiger charge is -2.22. The summed E-state index contributed by atoms with van der Waals surface area (Å²) < 4.78 is 4.77. The van der Waals surface area contributed by atoms with Gasteiger partial charge in [0.25, 0.3) is 0 Å². The standard InChI is InChI=1S/C14H25NO2/c1-5-12(14(16)17-4)8-9-15(10-11(2)3)13-6-7-13/h8,11,13H,5-7,9-10H2,1-4H3. The van der Waals surface area contributed by atoms with Crippen molar-refractivity contribution < 1.29 is 9.53 Å². The predicted octanol–water partition coefficient (Wildman–Crippen LogP) is 2.62. The molecule has 0 unspecified atom stereocenters. The fourth-order valence-corrected chi connectivity index (χ4v) is 2.01. The van der Waals surface area contributed by atoms with Crippen LogP contribution in [0.25, 0.3) is 0 Å². The molecule has 1 fully saturated rings. The Balaban J connectivity index is 2.53. The highest BCUT2D eigenvalue weighted by atomic mass is 16.5. The second-order valence-electron chi connectivity index (χ2n) is 5.15. The quantitative estimate of drug-likeness (QED) is 0.505. The first-order chi connectivity index (χ1) is 8.08. The van der Waals surface area contributed by atoms with Crippen molar-refractivity contribution in [3.8, 4) is 0 Å². The fraction of sp³-hybridized carbons (Fsp3) is 0.786. The third kappa shape index (κ3) is 4.90. The van der Waals surface area contributed by atoms with Crippen LogP contribution in [0, 0.1) is 5.92 Å². The maximum atomic E-state index is 11.5. The van der Waals surface area contributed by atoms with Crippen LogP contribution in [0.1, 0.15) is 40.0 Å². The van der Waals surface area contributed by atoms with E-state index in [9.17, 15) is 4.79 Å². The number of esters is 1. The number of hydrogen-bond donors (Lipinski definition) is 0. The van der Waals surface area contributed by atoms with Gasteiger partial charge in [-0.2, -0.15) is 0 Å². The monoisotopic (exact) mass is 239 g/mol. The van der Waals surface area contributed by atoms with E-state index in [2.05, 4.69) is 18.7 Å². The van der Waals surface area contributed by atoms with Gasteiger partial charge in [-0.3, -0.25) is 4.90 Å². The van der Waals surface area contributed by atoms with Crippen molar-refractivity contribution in [3.05, 3.63) is 11.6 Å². The minimum Gasteiger partial charge on any atom is -0.466 e. The van der Waals surface area contributed by atoms with Crippen LogP contribution in [0.4, 0.5) is 0 Å². The fourth-order valence-electron chi connectivity index (χ4n) is 2.01.